The van der Waals surface area contributed by atoms with Crippen LogP contribution in [0.15, 0.2) is 170 Å². The van der Waals surface area contributed by atoms with Gasteiger partial charge < -0.3 is 0 Å². The maximum atomic E-state index is 5.19. The van der Waals surface area contributed by atoms with E-state index in [2.05, 4.69) is 157 Å². The third kappa shape index (κ3) is 5.83. The first kappa shape index (κ1) is 28.3. The number of hydrogen-bond donors (Lipinski definition) is 0. The third-order valence-electron chi connectivity index (χ3n) is 8.58. The maximum Gasteiger partial charge on any atom is 0.160 e. The van der Waals surface area contributed by atoms with E-state index in [4.69, 9.17) is 9.97 Å². The fourth-order valence-corrected chi connectivity index (χ4v) is 6.25. The highest BCUT2D eigenvalue weighted by atomic mass is 14.9. The Morgan fingerprint density at radius 1 is 0.383 bits per heavy atom. The monoisotopic (exact) mass is 601 g/mol. The standard InChI is InChI=1S/C44H31N3/c1-30-24-36(22-23-45-30)34-18-10-19-35(25-34)37-26-38(41-21-11-17-31-12-8-9-20-40(31)41)28-39(27-37)44-46-42(32-13-4-2-5-14-32)29-43(47-44)33-15-6-3-7-16-33/h2-29H,1H3. The summed E-state index contributed by atoms with van der Waals surface area (Å²) in [5.41, 5.74) is 12.7. The first-order valence-electron chi connectivity index (χ1n) is 15.8. The predicted octanol–water partition coefficient (Wildman–Crippen LogP) is 11.3. The number of rotatable bonds is 6. The summed E-state index contributed by atoms with van der Waals surface area (Å²) in [5.74, 6) is 0.689. The van der Waals surface area contributed by atoms with Crippen molar-refractivity contribution in [3.05, 3.63) is 176 Å². The molecule has 3 nitrogen and oxygen atoms in total. The number of aryl methyl sites for hydroxylation is 1. The normalized spacial score (nSPS) is 11.1. The average Bonchev–Trinajstić information content (AvgIpc) is 3.15. The molecule has 2 heterocycles. The van der Waals surface area contributed by atoms with Crippen molar-refractivity contribution in [1.29, 1.82) is 0 Å². The van der Waals surface area contributed by atoms with Gasteiger partial charge in [-0.3, -0.25) is 4.98 Å². The molecule has 8 rings (SSSR count). The van der Waals surface area contributed by atoms with Crippen LogP contribution in [0.5, 0.6) is 0 Å². The molecule has 0 fully saturated rings. The quantitative estimate of drug-likeness (QED) is 0.190. The Morgan fingerprint density at radius 2 is 0.915 bits per heavy atom. The zero-order valence-corrected chi connectivity index (χ0v) is 26.0. The number of aromatic nitrogens is 3. The molecule has 0 aliphatic rings. The van der Waals surface area contributed by atoms with Crippen molar-refractivity contribution in [2.75, 3.05) is 0 Å². The van der Waals surface area contributed by atoms with Crippen LogP contribution in [0.1, 0.15) is 5.69 Å². The molecule has 0 aliphatic heterocycles. The molecule has 0 atom stereocenters. The molecule has 0 spiro atoms. The fraction of sp³-hybridized carbons (Fsp3) is 0.0227. The maximum absolute atomic E-state index is 5.19. The highest BCUT2D eigenvalue weighted by Gasteiger charge is 2.15. The molecule has 0 unspecified atom stereocenters. The van der Waals surface area contributed by atoms with Crippen LogP contribution in [-0.2, 0) is 0 Å². The first-order chi connectivity index (χ1) is 23.2. The van der Waals surface area contributed by atoms with Gasteiger partial charge in [-0.15, -0.1) is 0 Å². The lowest BCUT2D eigenvalue weighted by molar-refractivity contribution is 1.18. The molecule has 0 radical (unpaired) electrons. The van der Waals surface area contributed by atoms with Gasteiger partial charge in [0.25, 0.3) is 0 Å². The minimum absolute atomic E-state index is 0.689. The van der Waals surface area contributed by atoms with E-state index in [1.165, 1.54) is 16.3 Å². The van der Waals surface area contributed by atoms with Crippen LogP contribution in [0.3, 0.4) is 0 Å². The average molecular weight is 602 g/mol. The zero-order valence-electron chi connectivity index (χ0n) is 26.0. The Morgan fingerprint density at radius 3 is 1.64 bits per heavy atom. The second-order valence-corrected chi connectivity index (χ2v) is 11.8. The van der Waals surface area contributed by atoms with Crippen LogP contribution < -0.4 is 0 Å². The van der Waals surface area contributed by atoms with E-state index < -0.39 is 0 Å². The molecule has 0 saturated heterocycles. The van der Waals surface area contributed by atoms with Gasteiger partial charge in [-0.05, 0) is 93.5 Å². The molecule has 222 valence electrons. The Bertz CT molecular complexity index is 2300. The van der Waals surface area contributed by atoms with Gasteiger partial charge >= 0.3 is 0 Å². The van der Waals surface area contributed by atoms with Crippen LogP contribution in [0.25, 0.3) is 78.1 Å². The fourth-order valence-electron chi connectivity index (χ4n) is 6.25. The van der Waals surface area contributed by atoms with Gasteiger partial charge in [0, 0.05) is 28.6 Å². The Kier molecular flexibility index (Phi) is 7.41. The largest absolute Gasteiger partial charge is 0.262 e. The summed E-state index contributed by atoms with van der Waals surface area (Å²) in [6.07, 6.45) is 1.87. The van der Waals surface area contributed by atoms with E-state index in [1.807, 2.05) is 25.3 Å². The molecule has 0 amide bonds. The van der Waals surface area contributed by atoms with Crippen LogP contribution >= 0.6 is 0 Å². The molecular formula is C44H31N3. The van der Waals surface area contributed by atoms with Crippen molar-refractivity contribution in [3.63, 3.8) is 0 Å². The summed E-state index contributed by atoms with van der Waals surface area (Å²) in [6.45, 7) is 2.03. The van der Waals surface area contributed by atoms with E-state index in [0.717, 1.165) is 61.6 Å². The van der Waals surface area contributed by atoms with E-state index in [1.54, 1.807) is 0 Å². The van der Waals surface area contributed by atoms with Crippen molar-refractivity contribution in [3.8, 4) is 67.3 Å². The molecule has 8 aromatic rings. The second kappa shape index (κ2) is 12.3. The summed E-state index contributed by atoms with van der Waals surface area (Å²) in [4.78, 5) is 14.8. The summed E-state index contributed by atoms with van der Waals surface area (Å²) in [7, 11) is 0. The lowest BCUT2D eigenvalue weighted by Crippen LogP contribution is -1.97. The molecule has 2 aromatic heterocycles. The highest BCUT2D eigenvalue weighted by molar-refractivity contribution is 5.98. The van der Waals surface area contributed by atoms with Crippen LogP contribution in [-0.4, -0.2) is 15.0 Å². The van der Waals surface area contributed by atoms with E-state index in [0.29, 0.717) is 5.82 Å². The molecule has 0 bridgehead atoms. The summed E-state index contributed by atoms with van der Waals surface area (Å²) >= 11 is 0. The lowest BCUT2D eigenvalue weighted by Gasteiger charge is -2.14. The SMILES string of the molecule is Cc1cc(-c2cccc(-c3cc(-c4nc(-c5ccccc5)cc(-c5ccccc5)n4)cc(-c4cccc5ccccc45)c3)c2)ccn1. The van der Waals surface area contributed by atoms with Gasteiger partial charge in [0.1, 0.15) is 0 Å². The number of benzene rings is 6. The molecule has 47 heavy (non-hydrogen) atoms. The van der Waals surface area contributed by atoms with Crippen molar-refractivity contribution in [2.24, 2.45) is 0 Å². The zero-order chi connectivity index (χ0) is 31.6. The molecule has 6 aromatic carbocycles. The van der Waals surface area contributed by atoms with Crippen molar-refractivity contribution in [2.45, 2.75) is 6.92 Å². The van der Waals surface area contributed by atoms with Gasteiger partial charge in [-0.25, -0.2) is 9.97 Å². The van der Waals surface area contributed by atoms with Crippen LogP contribution in [0.4, 0.5) is 0 Å². The smallest absolute Gasteiger partial charge is 0.160 e. The Balaban J connectivity index is 1.36. The van der Waals surface area contributed by atoms with Gasteiger partial charge in [0.15, 0.2) is 5.82 Å². The minimum atomic E-state index is 0.689. The minimum Gasteiger partial charge on any atom is -0.262 e. The lowest BCUT2D eigenvalue weighted by atomic mass is 9.92. The Hall–Kier alpha value is -6.19. The topological polar surface area (TPSA) is 38.7 Å². The molecular weight excluding hydrogens is 571 g/mol. The van der Waals surface area contributed by atoms with Crippen molar-refractivity contribution >= 4 is 10.8 Å². The van der Waals surface area contributed by atoms with Gasteiger partial charge in [-0.2, -0.15) is 0 Å². The Labute approximate surface area is 274 Å². The van der Waals surface area contributed by atoms with E-state index in [9.17, 15) is 0 Å². The van der Waals surface area contributed by atoms with Gasteiger partial charge in [-0.1, -0.05) is 121 Å². The third-order valence-corrected chi connectivity index (χ3v) is 8.58. The molecule has 0 saturated carbocycles. The number of fused-ring (bicyclic) bond motifs is 1. The van der Waals surface area contributed by atoms with Crippen molar-refractivity contribution in [1.82, 2.24) is 15.0 Å². The number of nitrogens with zero attached hydrogens (tertiary/aromatic N) is 3. The molecule has 0 N–H and O–H groups in total. The van der Waals surface area contributed by atoms with E-state index >= 15 is 0 Å². The van der Waals surface area contributed by atoms with Gasteiger partial charge in [0.05, 0.1) is 11.4 Å². The van der Waals surface area contributed by atoms with Crippen LogP contribution in [0.2, 0.25) is 0 Å². The number of pyridine rings is 1. The molecule has 0 aliphatic carbocycles. The van der Waals surface area contributed by atoms with Crippen molar-refractivity contribution < 1.29 is 0 Å². The van der Waals surface area contributed by atoms with Gasteiger partial charge in [0.2, 0.25) is 0 Å². The van der Waals surface area contributed by atoms with E-state index in [-0.39, 0.29) is 0 Å². The first-order valence-corrected chi connectivity index (χ1v) is 15.8. The molecule has 3 heteroatoms. The van der Waals surface area contributed by atoms with Crippen LogP contribution in [0, 0.1) is 6.92 Å². The summed E-state index contributed by atoms with van der Waals surface area (Å²) < 4.78 is 0. The second-order valence-electron chi connectivity index (χ2n) is 11.8. The summed E-state index contributed by atoms with van der Waals surface area (Å²) in [6, 6.07) is 57.5. The highest BCUT2D eigenvalue weighted by Crippen LogP contribution is 2.37. The summed E-state index contributed by atoms with van der Waals surface area (Å²) in [5, 5.41) is 2.42. The number of hydrogen-bond acceptors (Lipinski definition) is 3. The predicted molar refractivity (Wildman–Crippen MR) is 195 cm³/mol.